The van der Waals surface area contributed by atoms with E-state index in [0.717, 1.165) is 5.56 Å². The summed E-state index contributed by atoms with van der Waals surface area (Å²) in [6, 6.07) is 18.4. The molecule has 0 fully saturated rings. The largest absolute Gasteiger partial charge is 0.495 e. The highest BCUT2D eigenvalue weighted by Crippen LogP contribution is 2.27. The molecule has 0 aliphatic rings. The summed E-state index contributed by atoms with van der Waals surface area (Å²) in [6.45, 7) is 1.42. The van der Waals surface area contributed by atoms with Crippen molar-refractivity contribution in [3.8, 4) is 5.75 Å². The molecule has 7 nitrogen and oxygen atoms in total. The summed E-state index contributed by atoms with van der Waals surface area (Å²) in [6.07, 6.45) is 0.113. The zero-order valence-corrected chi connectivity index (χ0v) is 19.6. The van der Waals surface area contributed by atoms with Crippen LogP contribution >= 0.6 is 11.6 Å². The van der Waals surface area contributed by atoms with Gasteiger partial charge in [-0.1, -0.05) is 54.1 Å². The Hall–Kier alpha value is -3.20. The number of benzene rings is 3. The number of ketones is 1. The zero-order valence-electron chi connectivity index (χ0n) is 18.0. The van der Waals surface area contributed by atoms with Crippen molar-refractivity contribution in [3.05, 3.63) is 88.9 Å². The third kappa shape index (κ3) is 6.41. The number of halogens is 1. The second-order valence-electron chi connectivity index (χ2n) is 7.29. The SMILES string of the molecule is COc1ccc(S(=O)(=O)N[C@@H](Cc2ccccc2)C(=O)Nc2cccc(C(C)=O)c2)cc1Cl. The van der Waals surface area contributed by atoms with Crippen LogP contribution in [0.2, 0.25) is 5.02 Å². The highest BCUT2D eigenvalue weighted by Gasteiger charge is 2.27. The van der Waals surface area contributed by atoms with E-state index in [9.17, 15) is 18.0 Å². The summed E-state index contributed by atoms with van der Waals surface area (Å²) >= 11 is 6.09. The first kappa shape index (κ1) is 24.4. The predicted molar refractivity (Wildman–Crippen MR) is 127 cm³/mol. The lowest BCUT2D eigenvalue weighted by molar-refractivity contribution is -0.117. The standard InChI is InChI=1S/C24H23ClN2O5S/c1-16(28)18-9-6-10-19(14-18)26-24(29)22(13-17-7-4-3-5-8-17)27-33(30,31)20-11-12-23(32-2)21(25)15-20/h3-12,14-15,22,27H,13H2,1-2H3,(H,26,29)/t22-/m0/s1. The van der Waals surface area contributed by atoms with Gasteiger partial charge in [-0.2, -0.15) is 4.72 Å². The maximum atomic E-state index is 13.1. The van der Waals surface area contributed by atoms with Gasteiger partial charge in [-0.3, -0.25) is 9.59 Å². The lowest BCUT2D eigenvalue weighted by Crippen LogP contribution is -2.45. The van der Waals surface area contributed by atoms with Crippen LogP contribution in [-0.2, 0) is 21.2 Å². The van der Waals surface area contributed by atoms with Gasteiger partial charge < -0.3 is 10.1 Å². The Morgan fingerprint density at radius 1 is 1.00 bits per heavy atom. The van der Waals surface area contributed by atoms with Gasteiger partial charge in [0.25, 0.3) is 0 Å². The average molecular weight is 487 g/mol. The van der Waals surface area contributed by atoms with Crippen LogP contribution in [0.25, 0.3) is 0 Å². The summed E-state index contributed by atoms with van der Waals surface area (Å²) in [7, 11) is -2.67. The fraction of sp³-hybridized carbons (Fsp3) is 0.167. The van der Waals surface area contributed by atoms with Crippen LogP contribution in [-0.4, -0.2) is 33.3 Å². The Kier molecular flexibility index (Phi) is 7.86. The first-order chi connectivity index (χ1) is 15.7. The average Bonchev–Trinajstić information content (AvgIpc) is 2.79. The van der Waals surface area contributed by atoms with Gasteiger partial charge in [-0.25, -0.2) is 8.42 Å². The summed E-state index contributed by atoms with van der Waals surface area (Å²) in [5.41, 5.74) is 1.59. The van der Waals surface area contributed by atoms with E-state index in [1.54, 1.807) is 42.5 Å². The van der Waals surface area contributed by atoms with Gasteiger partial charge in [-0.15, -0.1) is 0 Å². The fourth-order valence-corrected chi connectivity index (χ4v) is 4.70. The first-order valence-electron chi connectivity index (χ1n) is 10.0. The number of carbonyl (C=O) groups is 2. The molecule has 0 aliphatic heterocycles. The monoisotopic (exact) mass is 486 g/mol. The van der Waals surface area contributed by atoms with Crippen LogP contribution in [0.3, 0.4) is 0 Å². The Labute approximate surface area is 197 Å². The molecule has 3 rings (SSSR count). The molecule has 0 bridgehead atoms. The zero-order chi connectivity index (χ0) is 24.0. The molecule has 0 saturated carbocycles. The van der Waals surface area contributed by atoms with Gasteiger partial charge in [-0.05, 0) is 49.2 Å². The number of rotatable bonds is 9. The molecule has 0 heterocycles. The van der Waals surface area contributed by atoms with E-state index < -0.39 is 22.0 Å². The maximum absolute atomic E-state index is 13.1. The number of hydrogen-bond donors (Lipinski definition) is 2. The number of sulfonamides is 1. The van der Waals surface area contributed by atoms with Crippen molar-refractivity contribution < 1.29 is 22.7 Å². The number of hydrogen-bond acceptors (Lipinski definition) is 5. The Balaban J connectivity index is 1.89. The van der Waals surface area contributed by atoms with E-state index in [1.165, 1.54) is 38.3 Å². The minimum absolute atomic E-state index is 0.0993. The number of ether oxygens (including phenoxy) is 1. The van der Waals surface area contributed by atoms with Gasteiger partial charge in [0.05, 0.1) is 17.0 Å². The van der Waals surface area contributed by atoms with Gasteiger partial charge in [0.2, 0.25) is 15.9 Å². The number of anilines is 1. The highest BCUT2D eigenvalue weighted by molar-refractivity contribution is 7.89. The molecule has 0 aliphatic carbocycles. The molecule has 3 aromatic carbocycles. The van der Waals surface area contributed by atoms with Gasteiger partial charge >= 0.3 is 0 Å². The van der Waals surface area contributed by atoms with E-state index in [-0.39, 0.29) is 22.1 Å². The molecule has 3 aromatic rings. The number of amides is 1. The lowest BCUT2D eigenvalue weighted by Gasteiger charge is -2.19. The summed E-state index contributed by atoms with van der Waals surface area (Å²) in [5.74, 6) is -0.383. The molecule has 2 N–H and O–H groups in total. The fourth-order valence-electron chi connectivity index (χ4n) is 3.15. The smallest absolute Gasteiger partial charge is 0.242 e. The summed E-state index contributed by atoms with van der Waals surface area (Å²) < 4.78 is 33.6. The Morgan fingerprint density at radius 3 is 2.36 bits per heavy atom. The van der Waals surface area contributed by atoms with Crippen LogP contribution < -0.4 is 14.8 Å². The number of carbonyl (C=O) groups excluding carboxylic acids is 2. The van der Waals surface area contributed by atoms with Gasteiger partial charge in [0.1, 0.15) is 11.8 Å². The van der Waals surface area contributed by atoms with Gasteiger partial charge in [0.15, 0.2) is 5.78 Å². The van der Waals surface area contributed by atoms with E-state index in [0.29, 0.717) is 17.0 Å². The van der Waals surface area contributed by atoms with Crippen molar-refractivity contribution in [1.29, 1.82) is 0 Å². The Morgan fingerprint density at radius 2 is 1.73 bits per heavy atom. The van der Waals surface area contributed by atoms with Gasteiger partial charge in [0, 0.05) is 11.3 Å². The number of nitrogens with one attached hydrogen (secondary N) is 2. The molecule has 172 valence electrons. The molecule has 0 saturated heterocycles. The van der Waals surface area contributed by atoms with Crippen molar-refractivity contribution in [2.45, 2.75) is 24.3 Å². The minimum Gasteiger partial charge on any atom is -0.495 e. The first-order valence-corrected chi connectivity index (χ1v) is 11.9. The van der Waals surface area contributed by atoms with Crippen LogP contribution in [0.5, 0.6) is 5.75 Å². The van der Waals surface area contributed by atoms with Crippen molar-refractivity contribution in [3.63, 3.8) is 0 Å². The van der Waals surface area contributed by atoms with Crippen LogP contribution in [0.15, 0.2) is 77.7 Å². The quantitative estimate of drug-likeness (QED) is 0.444. The second kappa shape index (κ2) is 10.6. The van der Waals surface area contributed by atoms with E-state index in [1.807, 2.05) is 6.07 Å². The summed E-state index contributed by atoms with van der Waals surface area (Å²) in [5, 5.41) is 2.83. The molecule has 0 aromatic heterocycles. The molecule has 0 spiro atoms. The predicted octanol–water partition coefficient (Wildman–Crippen LogP) is 4.08. The number of Topliss-reactive ketones (excluding diaryl/α,β-unsaturated/α-hetero) is 1. The van der Waals surface area contributed by atoms with Crippen molar-refractivity contribution in [2.75, 3.05) is 12.4 Å². The molecule has 1 amide bonds. The second-order valence-corrected chi connectivity index (χ2v) is 9.41. The minimum atomic E-state index is -4.09. The maximum Gasteiger partial charge on any atom is 0.242 e. The summed E-state index contributed by atoms with van der Waals surface area (Å²) in [4.78, 5) is 24.7. The van der Waals surface area contributed by atoms with Crippen molar-refractivity contribution >= 4 is 39.0 Å². The van der Waals surface area contributed by atoms with Crippen LogP contribution in [0.4, 0.5) is 5.69 Å². The third-order valence-corrected chi connectivity index (χ3v) is 6.63. The Bertz CT molecular complexity index is 1260. The topological polar surface area (TPSA) is 102 Å². The van der Waals surface area contributed by atoms with Crippen molar-refractivity contribution in [1.82, 2.24) is 4.72 Å². The molecule has 9 heteroatoms. The van der Waals surface area contributed by atoms with Crippen LogP contribution in [0, 0.1) is 0 Å². The molecule has 1 atom stereocenters. The molecule has 0 unspecified atom stereocenters. The third-order valence-electron chi connectivity index (χ3n) is 4.87. The van der Waals surface area contributed by atoms with Crippen LogP contribution in [0.1, 0.15) is 22.8 Å². The molecule has 33 heavy (non-hydrogen) atoms. The highest BCUT2D eigenvalue weighted by atomic mass is 35.5. The molecule has 0 radical (unpaired) electrons. The van der Waals surface area contributed by atoms with E-state index >= 15 is 0 Å². The van der Waals surface area contributed by atoms with E-state index in [4.69, 9.17) is 16.3 Å². The lowest BCUT2D eigenvalue weighted by atomic mass is 10.1. The van der Waals surface area contributed by atoms with Crippen molar-refractivity contribution in [2.24, 2.45) is 0 Å². The molecular formula is C24H23ClN2O5S. The normalized spacial score (nSPS) is 12.1. The number of methoxy groups -OCH3 is 1. The van der Waals surface area contributed by atoms with E-state index in [2.05, 4.69) is 10.0 Å². The molecular weight excluding hydrogens is 464 g/mol.